The predicted molar refractivity (Wildman–Crippen MR) is 124 cm³/mol. The van der Waals surface area contributed by atoms with E-state index in [2.05, 4.69) is 74.4 Å². The van der Waals surface area contributed by atoms with Crippen molar-refractivity contribution < 1.29 is 9.05 Å². The summed E-state index contributed by atoms with van der Waals surface area (Å²) in [5.41, 5.74) is 3.69. The highest BCUT2D eigenvalue weighted by atomic mass is 32.5. The van der Waals surface area contributed by atoms with Crippen molar-refractivity contribution in [3.05, 3.63) is 53.1 Å². The maximum absolute atomic E-state index is 6.38. The summed E-state index contributed by atoms with van der Waals surface area (Å²) in [5, 5.41) is 1.09. The van der Waals surface area contributed by atoms with Gasteiger partial charge in [0.1, 0.15) is 0 Å². The lowest BCUT2D eigenvalue weighted by molar-refractivity contribution is 0.543. The highest BCUT2D eigenvalue weighted by Crippen LogP contribution is 2.60. The third-order valence-electron chi connectivity index (χ3n) is 5.15. The molecule has 0 amide bonds. The fourth-order valence-corrected chi connectivity index (χ4v) is 6.98. The average Bonchev–Trinajstić information content (AvgIpc) is 2.88. The van der Waals surface area contributed by atoms with Gasteiger partial charge >= 0.3 is 6.49 Å². The number of benzene rings is 2. The third-order valence-corrected chi connectivity index (χ3v) is 8.05. The van der Waals surface area contributed by atoms with Crippen LogP contribution in [0.3, 0.4) is 0 Å². The molecule has 0 radical (unpaired) electrons. The Bertz CT molecular complexity index is 892. The molecule has 0 saturated heterocycles. The largest absolute Gasteiger partial charge is 0.428 e. The van der Waals surface area contributed by atoms with E-state index in [1.807, 2.05) is 24.3 Å². The third kappa shape index (κ3) is 3.89. The zero-order valence-electron chi connectivity index (χ0n) is 18.6. The fourth-order valence-electron chi connectivity index (χ4n) is 3.48. The second kappa shape index (κ2) is 6.61. The van der Waals surface area contributed by atoms with Gasteiger partial charge in [0.25, 0.3) is 0 Å². The molecule has 2 nitrogen and oxygen atoms in total. The van der Waals surface area contributed by atoms with Crippen molar-refractivity contribution in [2.75, 3.05) is 0 Å². The molecule has 0 unspecified atom stereocenters. The van der Waals surface area contributed by atoms with Gasteiger partial charge in [-0.25, -0.2) is 0 Å². The summed E-state index contributed by atoms with van der Waals surface area (Å²) in [4.78, 5) is 0. The highest BCUT2D eigenvalue weighted by Gasteiger charge is 2.42. The van der Waals surface area contributed by atoms with Crippen molar-refractivity contribution in [1.29, 1.82) is 0 Å². The second-order valence-corrected chi connectivity index (χ2v) is 14.0. The first kappa shape index (κ1) is 21.4. The van der Waals surface area contributed by atoms with Crippen molar-refractivity contribution in [3.63, 3.8) is 0 Å². The first-order chi connectivity index (χ1) is 12.6. The maximum atomic E-state index is 6.38. The molecule has 0 aromatic heterocycles. The van der Waals surface area contributed by atoms with Crippen LogP contribution in [0.4, 0.5) is 0 Å². The SMILES string of the molecule is CC(C)(C)c1cc(C(C)(C)C)c(P2(=S)Oc3ccccc3O2)c(C(C)(C)C)c1. The monoisotopic (exact) mass is 416 g/mol. The molecule has 2 aromatic carbocycles. The van der Waals surface area contributed by atoms with Gasteiger partial charge in [0, 0.05) is 0 Å². The molecule has 28 heavy (non-hydrogen) atoms. The van der Waals surface area contributed by atoms with E-state index in [1.54, 1.807) is 0 Å². The molecule has 1 aliphatic heterocycles. The van der Waals surface area contributed by atoms with E-state index in [9.17, 15) is 0 Å². The Morgan fingerprint density at radius 3 is 1.39 bits per heavy atom. The molecule has 152 valence electrons. The standard InChI is InChI=1S/C24H33O2PS/c1-22(2,3)16-14-17(23(4,5)6)21(18(15-16)24(7,8)9)27(28)25-19-12-10-11-13-20(19)26-27/h10-15H,1-9H3. The molecule has 0 atom stereocenters. The Kier molecular flexibility index (Phi) is 5.05. The lowest BCUT2D eigenvalue weighted by atomic mass is 9.75. The van der Waals surface area contributed by atoms with Crippen LogP contribution in [-0.4, -0.2) is 0 Å². The zero-order valence-corrected chi connectivity index (χ0v) is 20.3. The van der Waals surface area contributed by atoms with Gasteiger partial charge < -0.3 is 9.05 Å². The minimum atomic E-state index is -2.71. The van der Waals surface area contributed by atoms with Crippen LogP contribution in [0.15, 0.2) is 36.4 Å². The highest BCUT2D eigenvalue weighted by molar-refractivity contribution is 8.14. The summed E-state index contributed by atoms with van der Waals surface area (Å²) >= 11 is 6.15. The Morgan fingerprint density at radius 2 is 1.07 bits per heavy atom. The Labute approximate surface area is 175 Å². The second-order valence-electron chi connectivity index (χ2n) is 10.8. The smallest absolute Gasteiger partial charge is 0.320 e. The quantitative estimate of drug-likeness (QED) is 0.467. The van der Waals surface area contributed by atoms with Gasteiger partial charge in [-0.2, -0.15) is 0 Å². The van der Waals surface area contributed by atoms with Gasteiger partial charge in [-0.15, -0.1) is 0 Å². The van der Waals surface area contributed by atoms with Gasteiger partial charge in [-0.05, 0) is 56.9 Å². The molecule has 1 heterocycles. The maximum Gasteiger partial charge on any atom is 0.320 e. The predicted octanol–water partition coefficient (Wildman–Crippen LogP) is 6.99. The van der Waals surface area contributed by atoms with Crippen LogP contribution in [0.2, 0.25) is 0 Å². The molecule has 0 N–H and O–H groups in total. The Morgan fingerprint density at radius 1 is 0.679 bits per heavy atom. The summed E-state index contributed by atoms with van der Waals surface area (Å²) < 4.78 is 12.8. The number of fused-ring (bicyclic) bond motifs is 1. The van der Waals surface area contributed by atoms with E-state index in [1.165, 1.54) is 16.7 Å². The summed E-state index contributed by atoms with van der Waals surface area (Å²) in [5.74, 6) is 1.51. The summed E-state index contributed by atoms with van der Waals surface area (Å²) in [6.45, 7) is 17.5. The van der Waals surface area contributed by atoms with Crippen LogP contribution in [0.25, 0.3) is 0 Å². The minimum Gasteiger partial charge on any atom is -0.428 e. The zero-order chi connectivity index (χ0) is 21.1. The minimum absolute atomic E-state index is 0.0476. The lowest BCUT2D eigenvalue weighted by Crippen LogP contribution is -2.34. The summed E-state index contributed by atoms with van der Waals surface area (Å²) in [7, 11) is 0. The van der Waals surface area contributed by atoms with Gasteiger partial charge in [0.15, 0.2) is 11.5 Å². The van der Waals surface area contributed by atoms with Crippen molar-refractivity contribution in [1.82, 2.24) is 0 Å². The summed E-state index contributed by atoms with van der Waals surface area (Å²) in [6.07, 6.45) is 0. The molecule has 0 fully saturated rings. The molecule has 0 aliphatic carbocycles. The van der Waals surface area contributed by atoms with Gasteiger partial charge in [0.05, 0.1) is 5.30 Å². The molecule has 1 aliphatic rings. The average molecular weight is 417 g/mol. The van der Waals surface area contributed by atoms with Crippen LogP contribution in [-0.2, 0) is 28.1 Å². The lowest BCUT2D eigenvalue weighted by Gasteiger charge is -2.35. The normalized spacial score (nSPS) is 16.3. The van der Waals surface area contributed by atoms with Crippen molar-refractivity contribution in [2.24, 2.45) is 0 Å². The first-order valence-electron chi connectivity index (χ1n) is 9.91. The van der Waals surface area contributed by atoms with Crippen molar-refractivity contribution in [3.8, 4) is 11.5 Å². The fraction of sp³-hybridized carbons (Fsp3) is 0.500. The molecule has 0 bridgehead atoms. The first-order valence-corrected chi connectivity index (χ1v) is 12.5. The van der Waals surface area contributed by atoms with Crippen molar-refractivity contribution in [2.45, 2.75) is 78.6 Å². The number of para-hydroxylation sites is 2. The Hall–Kier alpha value is -1.31. The van der Waals surface area contributed by atoms with Crippen LogP contribution in [0, 0.1) is 0 Å². The molecule has 0 saturated carbocycles. The Balaban J connectivity index is 2.36. The van der Waals surface area contributed by atoms with E-state index in [0.29, 0.717) is 0 Å². The molecule has 2 aromatic rings. The van der Waals surface area contributed by atoms with E-state index in [4.69, 9.17) is 20.9 Å². The molecule has 4 heteroatoms. The van der Waals surface area contributed by atoms with Crippen LogP contribution in [0.5, 0.6) is 11.5 Å². The van der Waals surface area contributed by atoms with Crippen LogP contribution < -0.4 is 14.4 Å². The molecular weight excluding hydrogens is 383 g/mol. The van der Waals surface area contributed by atoms with Crippen molar-refractivity contribution >= 4 is 23.6 Å². The van der Waals surface area contributed by atoms with Gasteiger partial charge in [-0.1, -0.05) is 86.6 Å². The number of rotatable bonds is 1. The molecular formula is C24H33O2PS. The topological polar surface area (TPSA) is 18.5 Å². The number of hydrogen-bond acceptors (Lipinski definition) is 3. The van der Waals surface area contributed by atoms with E-state index >= 15 is 0 Å². The van der Waals surface area contributed by atoms with Crippen LogP contribution in [0.1, 0.15) is 79.0 Å². The van der Waals surface area contributed by atoms with E-state index in [0.717, 1.165) is 16.8 Å². The van der Waals surface area contributed by atoms with Crippen LogP contribution >= 0.6 is 6.49 Å². The van der Waals surface area contributed by atoms with Gasteiger partial charge in [-0.3, -0.25) is 0 Å². The van der Waals surface area contributed by atoms with E-state index < -0.39 is 6.49 Å². The van der Waals surface area contributed by atoms with E-state index in [-0.39, 0.29) is 16.2 Å². The molecule has 0 spiro atoms. The van der Waals surface area contributed by atoms with Gasteiger partial charge in [0.2, 0.25) is 0 Å². The molecule has 3 rings (SSSR count). The summed E-state index contributed by atoms with van der Waals surface area (Å²) in [6, 6.07) is 12.5. The number of hydrogen-bond donors (Lipinski definition) is 0.